The minimum atomic E-state index is 0.0184. The van der Waals surface area contributed by atoms with Crippen molar-refractivity contribution in [3.05, 3.63) is 58.7 Å². The van der Waals surface area contributed by atoms with E-state index >= 15 is 0 Å². The first-order chi connectivity index (χ1) is 15.3. The van der Waals surface area contributed by atoms with Gasteiger partial charge in [0.05, 0.1) is 0 Å². The summed E-state index contributed by atoms with van der Waals surface area (Å²) in [6, 6.07) is 12.1. The third-order valence-electron chi connectivity index (χ3n) is 6.55. The van der Waals surface area contributed by atoms with Gasteiger partial charge < -0.3 is 10.2 Å². The summed E-state index contributed by atoms with van der Waals surface area (Å²) in [7, 11) is 2.04. The average Bonchev–Trinajstić information content (AvgIpc) is 2.61. The first-order valence-electron chi connectivity index (χ1n) is 12.6. The molecule has 0 aliphatic heterocycles. The Hall–Kier alpha value is -2.00. The molecule has 0 aliphatic rings. The van der Waals surface area contributed by atoms with Gasteiger partial charge in [0.2, 0.25) is 0 Å². The van der Waals surface area contributed by atoms with Crippen molar-refractivity contribution in [2.45, 2.75) is 106 Å². The van der Waals surface area contributed by atoms with Crippen LogP contribution in [0.5, 0.6) is 11.5 Å². The normalized spacial score (nSPS) is 13.5. The van der Waals surface area contributed by atoms with Crippen LogP contribution >= 0.6 is 0 Å². The van der Waals surface area contributed by atoms with E-state index in [0.29, 0.717) is 24.6 Å². The molecule has 2 aromatic carbocycles. The Morgan fingerprint density at radius 1 is 0.588 bits per heavy atom. The zero-order valence-electron chi connectivity index (χ0n) is 23.6. The fourth-order valence-electron chi connectivity index (χ4n) is 5.76. The molecular formula is C31H49NO2. The molecule has 0 amide bonds. The molecule has 34 heavy (non-hydrogen) atoms. The first kappa shape index (κ1) is 28.2. The highest BCUT2D eigenvalue weighted by Crippen LogP contribution is 2.39. The maximum atomic E-state index is 10.6. The predicted octanol–water partition coefficient (Wildman–Crippen LogP) is 8.16. The molecule has 0 heterocycles. The molecule has 190 valence electrons. The van der Waals surface area contributed by atoms with Gasteiger partial charge in [-0.05, 0) is 64.8 Å². The summed E-state index contributed by atoms with van der Waals surface area (Å²) < 4.78 is 0. The zero-order chi connectivity index (χ0) is 26.1. The lowest BCUT2D eigenvalue weighted by Gasteiger charge is -2.34. The summed E-state index contributed by atoms with van der Waals surface area (Å²) in [6.07, 6.45) is 2.12. The van der Waals surface area contributed by atoms with Crippen molar-refractivity contribution in [3.8, 4) is 11.5 Å². The Morgan fingerprint density at radius 3 is 1.21 bits per heavy atom. The van der Waals surface area contributed by atoms with Gasteiger partial charge in [-0.15, -0.1) is 0 Å². The first-order valence-corrected chi connectivity index (χ1v) is 12.6. The molecule has 3 nitrogen and oxygen atoms in total. The summed E-state index contributed by atoms with van der Waals surface area (Å²) in [5, 5.41) is 21.2. The maximum absolute atomic E-state index is 10.6. The maximum Gasteiger partial charge on any atom is 0.120 e. The van der Waals surface area contributed by atoms with Crippen molar-refractivity contribution >= 4 is 0 Å². The van der Waals surface area contributed by atoms with E-state index < -0.39 is 0 Å². The van der Waals surface area contributed by atoms with Crippen LogP contribution in [0.1, 0.15) is 104 Å². The van der Waals surface area contributed by atoms with Gasteiger partial charge in [-0.1, -0.05) is 93.5 Å². The molecule has 0 spiro atoms. The fourth-order valence-corrected chi connectivity index (χ4v) is 5.76. The largest absolute Gasteiger partial charge is 0.508 e. The van der Waals surface area contributed by atoms with Crippen LogP contribution in [0.15, 0.2) is 36.4 Å². The molecule has 0 atom stereocenters. The Morgan fingerprint density at radius 2 is 0.912 bits per heavy atom. The van der Waals surface area contributed by atoms with Crippen molar-refractivity contribution in [3.63, 3.8) is 0 Å². The third-order valence-corrected chi connectivity index (χ3v) is 6.55. The molecule has 2 rings (SSSR count). The van der Waals surface area contributed by atoms with Crippen LogP contribution in [0.3, 0.4) is 0 Å². The van der Waals surface area contributed by atoms with Gasteiger partial charge >= 0.3 is 0 Å². The number of hydrogen-bond donors (Lipinski definition) is 2. The van der Waals surface area contributed by atoms with Gasteiger partial charge in [0.15, 0.2) is 0 Å². The molecule has 0 aromatic heterocycles. The molecule has 0 saturated carbocycles. The van der Waals surface area contributed by atoms with Gasteiger partial charge in [0.25, 0.3) is 0 Å². The Kier molecular flexibility index (Phi) is 8.25. The topological polar surface area (TPSA) is 43.7 Å². The molecule has 0 unspecified atom stereocenters. The standard InChI is InChI=1S/C31H49NO2/c1-28(2,3)20-30(7,8)24-12-14-26(33)22(16-24)18-32(11)19-23-17-25(13-15-27(23)34)31(9,10)21-29(4,5)6/h12-17,33-34H,18-21H2,1-11H3. The summed E-state index contributed by atoms with van der Waals surface area (Å²) in [4.78, 5) is 2.16. The minimum Gasteiger partial charge on any atom is -0.508 e. The highest BCUT2D eigenvalue weighted by molar-refractivity contribution is 5.41. The van der Waals surface area contributed by atoms with Gasteiger partial charge in [-0.2, -0.15) is 0 Å². The lowest BCUT2D eigenvalue weighted by atomic mass is 9.72. The van der Waals surface area contributed by atoms with E-state index in [2.05, 4.69) is 98.4 Å². The highest BCUT2D eigenvalue weighted by Gasteiger charge is 2.29. The number of phenolic OH excluding ortho intramolecular Hbond substituents is 2. The molecule has 0 saturated heterocycles. The highest BCUT2D eigenvalue weighted by atomic mass is 16.3. The SMILES string of the molecule is CN(Cc1cc(C(C)(C)CC(C)(C)C)ccc1O)Cc1cc(C(C)(C)CC(C)(C)C)ccc1O. The molecule has 2 aromatic rings. The van der Waals surface area contributed by atoms with E-state index in [-0.39, 0.29) is 21.7 Å². The lowest BCUT2D eigenvalue weighted by Crippen LogP contribution is -2.26. The van der Waals surface area contributed by atoms with Crippen molar-refractivity contribution < 1.29 is 10.2 Å². The van der Waals surface area contributed by atoms with Crippen LogP contribution in [0.25, 0.3) is 0 Å². The molecule has 0 aliphatic carbocycles. The van der Waals surface area contributed by atoms with E-state index in [9.17, 15) is 10.2 Å². The number of nitrogens with zero attached hydrogens (tertiary/aromatic N) is 1. The Labute approximate surface area is 209 Å². The summed E-state index contributed by atoms with van der Waals surface area (Å²) in [6.45, 7) is 24.0. The summed E-state index contributed by atoms with van der Waals surface area (Å²) in [5.74, 6) is 0.651. The number of rotatable bonds is 8. The van der Waals surface area contributed by atoms with Gasteiger partial charge in [-0.25, -0.2) is 0 Å². The van der Waals surface area contributed by atoms with Crippen LogP contribution in [-0.2, 0) is 23.9 Å². The average molecular weight is 468 g/mol. The van der Waals surface area contributed by atoms with E-state index in [0.717, 1.165) is 24.0 Å². The molecule has 0 radical (unpaired) electrons. The van der Waals surface area contributed by atoms with E-state index in [1.807, 2.05) is 19.2 Å². The molecule has 0 fully saturated rings. The van der Waals surface area contributed by atoms with Crippen molar-refractivity contribution in [2.24, 2.45) is 10.8 Å². The molecular weight excluding hydrogens is 418 g/mol. The smallest absolute Gasteiger partial charge is 0.120 e. The summed E-state index contributed by atoms with van der Waals surface area (Å²) in [5.41, 5.74) is 4.82. The second-order valence-electron chi connectivity index (χ2n) is 14.1. The Balaban J connectivity index is 2.24. The quantitative estimate of drug-likeness (QED) is 0.411. The third kappa shape index (κ3) is 8.05. The van der Waals surface area contributed by atoms with E-state index in [1.54, 1.807) is 0 Å². The van der Waals surface area contributed by atoms with Gasteiger partial charge in [0.1, 0.15) is 11.5 Å². The fraction of sp³-hybridized carbons (Fsp3) is 0.613. The molecule has 3 heteroatoms. The Bertz CT molecular complexity index is 894. The lowest BCUT2D eigenvalue weighted by molar-refractivity contribution is 0.281. The summed E-state index contributed by atoms with van der Waals surface area (Å²) >= 11 is 0. The van der Waals surface area contributed by atoms with Crippen LogP contribution in [0.4, 0.5) is 0 Å². The number of benzene rings is 2. The monoisotopic (exact) mass is 467 g/mol. The zero-order valence-corrected chi connectivity index (χ0v) is 23.6. The predicted molar refractivity (Wildman–Crippen MR) is 146 cm³/mol. The molecule has 0 bridgehead atoms. The van der Waals surface area contributed by atoms with Crippen molar-refractivity contribution in [1.82, 2.24) is 4.90 Å². The second kappa shape index (κ2) is 9.93. The number of aromatic hydroxyl groups is 2. The van der Waals surface area contributed by atoms with Crippen LogP contribution < -0.4 is 0 Å². The van der Waals surface area contributed by atoms with Gasteiger partial charge in [-0.3, -0.25) is 4.90 Å². The van der Waals surface area contributed by atoms with Crippen molar-refractivity contribution in [1.29, 1.82) is 0 Å². The minimum absolute atomic E-state index is 0.0184. The van der Waals surface area contributed by atoms with Gasteiger partial charge in [0, 0.05) is 24.2 Å². The van der Waals surface area contributed by atoms with Crippen LogP contribution in [0.2, 0.25) is 0 Å². The van der Waals surface area contributed by atoms with E-state index in [1.165, 1.54) is 11.1 Å². The second-order valence-corrected chi connectivity index (χ2v) is 14.1. The van der Waals surface area contributed by atoms with Crippen molar-refractivity contribution in [2.75, 3.05) is 7.05 Å². The van der Waals surface area contributed by atoms with Crippen LogP contribution in [-0.4, -0.2) is 22.2 Å². The molecule has 2 N–H and O–H groups in total. The number of hydrogen-bond acceptors (Lipinski definition) is 3. The van der Waals surface area contributed by atoms with E-state index in [4.69, 9.17) is 0 Å². The van der Waals surface area contributed by atoms with Crippen LogP contribution in [0, 0.1) is 10.8 Å². The number of phenols is 2.